The smallest absolute Gasteiger partial charge is 0.258 e. The van der Waals surface area contributed by atoms with Crippen molar-refractivity contribution >= 4 is 11.8 Å². The minimum atomic E-state index is -0.331. The van der Waals surface area contributed by atoms with Gasteiger partial charge >= 0.3 is 0 Å². The molecular formula is C21H27N3O3. The molecule has 0 aliphatic carbocycles. The van der Waals surface area contributed by atoms with Gasteiger partial charge in [-0.1, -0.05) is 48.5 Å². The fourth-order valence-corrected chi connectivity index (χ4v) is 2.51. The van der Waals surface area contributed by atoms with Crippen LogP contribution in [0.25, 0.3) is 0 Å². The molecule has 2 rings (SSSR count). The summed E-state index contributed by atoms with van der Waals surface area (Å²) in [5, 5.41) is 5.44. The zero-order chi connectivity index (χ0) is 19.5. The summed E-state index contributed by atoms with van der Waals surface area (Å²) in [5.41, 5.74) is 1.22. The molecule has 0 bridgehead atoms. The van der Waals surface area contributed by atoms with Crippen LogP contribution in [-0.2, 0) is 16.0 Å². The molecule has 0 heterocycles. The molecule has 1 atom stereocenters. The van der Waals surface area contributed by atoms with Gasteiger partial charge in [-0.3, -0.25) is 9.59 Å². The van der Waals surface area contributed by atoms with Crippen molar-refractivity contribution in [1.82, 2.24) is 15.5 Å². The van der Waals surface area contributed by atoms with Crippen LogP contribution < -0.4 is 15.4 Å². The van der Waals surface area contributed by atoms with Crippen LogP contribution in [0.3, 0.4) is 0 Å². The molecule has 0 saturated heterocycles. The molecule has 144 valence electrons. The summed E-state index contributed by atoms with van der Waals surface area (Å²) in [6, 6.07) is 19.4. The van der Waals surface area contributed by atoms with Crippen LogP contribution in [0, 0.1) is 0 Å². The molecule has 27 heavy (non-hydrogen) atoms. The first-order chi connectivity index (χ1) is 13.0. The Kier molecular flexibility index (Phi) is 8.32. The summed E-state index contributed by atoms with van der Waals surface area (Å²) in [6.07, 6.45) is 0.839. The number of para-hydroxylation sites is 1. The Morgan fingerprint density at radius 3 is 2.19 bits per heavy atom. The predicted molar refractivity (Wildman–Crippen MR) is 106 cm³/mol. The van der Waals surface area contributed by atoms with Crippen LogP contribution in [0.15, 0.2) is 60.7 Å². The highest BCUT2D eigenvalue weighted by Crippen LogP contribution is 2.07. The minimum absolute atomic E-state index is 0.0670. The number of rotatable bonds is 10. The van der Waals surface area contributed by atoms with Gasteiger partial charge in [-0.05, 0) is 38.2 Å². The van der Waals surface area contributed by atoms with E-state index in [2.05, 4.69) is 27.7 Å². The Morgan fingerprint density at radius 2 is 1.56 bits per heavy atom. The molecule has 0 aliphatic rings. The molecule has 2 aromatic rings. The van der Waals surface area contributed by atoms with E-state index in [9.17, 15) is 9.59 Å². The van der Waals surface area contributed by atoms with E-state index in [-0.39, 0.29) is 31.0 Å². The van der Waals surface area contributed by atoms with Crippen molar-refractivity contribution in [3.8, 4) is 5.75 Å². The highest BCUT2D eigenvalue weighted by molar-refractivity contribution is 5.85. The minimum Gasteiger partial charge on any atom is -0.484 e. The van der Waals surface area contributed by atoms with Gasteiger partial charge in [-0.25, -0.2) is 0 Å². The van der Waals surface area contributed by atoms with Crippen molar-refractivity contribution in [3.05, 3.63) is 66.2 Å². The second-order valence-electron chi connectivity index (χ2n) is 6.49. The molecule has 0 fully saturated rings. The number of likely N-dealkylation sites (N-methyl/N-ethyl adjacent to an activating group) is 1. The summed E-state index contributed by atoms with van der Waals surface area (Å²) in [4.78, 5) is 25.9. The number of nitrogens with one attached hydrogen (secondary N) is 2. The second-order valence-corrected chi connectivity index (χ2v) is 6.49. The lowest BCUT2D eigenvalue weighted by atomic mass is 10.1. The zero-order valence-corrected chi connectivity index (χ0v) is 15.9. The normalized spacial score (nSPS) is 11.7. The quantitative estimate of drug-likeness (QED) is 0.665. The number of nitrogens with zero attached hydrogens (tertiary/aromatic N) is 1. The fraction of sp³-hybridized carbons (Fsp3) is 0.333. The number of carbonyl (C=O) groups is 2. The average molecular weight is 369 g/mol. The standard InChI is InChI=1S/C21H27N3O3/c1-24(2)18(13-17-9-5-3-6-10-17)14-22-20(25)15-23-21(26)16-27-19-11-7-4-8-12-19/h3-12,18H,13-16H2,1-2H3,(H,22,25)(H,23,26). The third-order valence-corrected chi connectivity index (χ3v) is 4.14. The summed E-state index contributed by atoms with van der Waals surface area (Å²) < 4.78 is 5.35. The van der Waals surface area contributed by atoms with Gasteiger partial charge in [0.05, 0.1) is 6.54 Å². The van der Waals surface area contributed by atoms with Crippen LogP contribution in [-0.4, -0.2) is 56.5 Å². The lowest BCUT2D eigenvalue weighted by Gasteiger charge is -2.24. The summed E-state index contributed by atoms with van der Waals surface area (Å²) >= 11 is 0. The second kappa shape index (κ2) is 11.0. The van der Waals surface area contributed by atoms with Crippen molar-refractivity contribution in [3.63, 3.8) is 0 Å². The van der Waals surface area contributed by atoms with Gasteiger partial charge in [0.1, 0.15) is 5.75 Å². The van der Waals surface area contributed by atoms with Crippen LogP contribution in [0.4, 0.5) is 0 Å². The largest absolute Gasteiger partial charge is 0.484 e. The van der Waals surface area contributed by atoms with E-state index in [1.165, 1.54) is 5.56 Å². The highest BCUT2D eigenvalue weighted by atomic mass is 16.5. The summed E-state index contributed by atoms with van der Waals surface area (Å²) in [5.74, 6) is 0.0669. The summed E-state index contributed by atoms with van der Waals surface area (Å²) in [6.45, 7) is 0.325. The van der Waals surface area contributed by atoms with E-state index in [4.69, 9.17) is 4.74 Å². The highest BCUT2D eigenvalue weighted by Gasteiger charge is 2.14. The number of benzene rings is 2. The van der Waals surface area contributed by atoms with E-state index in [1.54, 1.807) is 12.1 Å². The van der Waals surface area contributed by atoms with E-state index >= 15 is 0 Å². The SMILES string of the molecule is CN(C)C(CNC(=O)CNC(=O)COc1ccccc1)Cc1ccccc1. The lowest BCUT2D eigenvalue weighted by molar-refractivity contribution is -0.127. The molecule has 0 spiro atoms. The Labute approximate surface area is 160 Å². The number of hydrogen-bond acceptors (Lipinski definition) is 4. The fourth-order valence-electron chi connectivity index (χ4n) is 2.51. The molecule has 0 radical (unpaired) electrons. The topological polar surface area (TPSA) is 70.7 Å². The van der Waals surface area contributed by atoms with E-state index in [0.29, 0.717) is 12.3 Å². The van der Waals surface area contributed by atoms with Gasteiger partial charge in [0.15, 0.2) is 6.61 Å². The number of hydrogen-bond donors (Lipinski definition) is 2. The van der Waals surface area contributed by atoms with Crippen molar-refractivity contribution in [2.45, 2.75) is 12.5 Å². The number of amides is 2. The molecular weight excluding hydrogens is 342 g/mol. The molecule has 6 nitrogen and oxygen atoms in total. The van der Waals surface area contributed by atoms with Crippen LogP contribution >= 0.6 is 0 Å². The maximum Gasteiger partial charge on any atom is 0.258 e. The van der Waals surface area contributed by atoms with Crippen molar-refractivity contribution in [2.24, 2.45) is 0 Å². The van der Waals surface area contributed by atoms with E-state index in [1.807, 2.05) is 50.5 Å². The molecule has 2 N–H and O–H groups in total. The molecule has 6 heteroatoms. The van der Waals surface area contributed by atoms with Gasteiger partial charge in [0, 0.05) is 12.6 Å². The monoisotopic (exact) mass is 369 g/mol. The van der Waals surface area contributed by atoms with Gasteiger partial charge in [0.25, 0.3) is 5.91 Å². The molecule has 2 amide bonds. The van der Waals surface area contributed by atoms with Gasteiger partial charge in [0.2, 0.25) is 5.91 Å². The first kappa shape index (κ1) is 20.5. The third-order valence-electron chi connectivity index (χ3n) is 4.14. The van der Waals surface area contributed by atoms with E-state index in [0.717, 1.165) is 6.42 Å². The van der Waals surface area contributed by atoms with Crippen LogP contribution in [0.5, 0.6) is 5.75 Å². The van der Waals surface area contributed by atoms with Gasteiger partial charge < -0.3 is 20.3 Å². The van der Waals surface area contributed by atoms with Gasteiger partial charge in [-0.15, -0.1) is 0 Å². The third kappa shape index (κ3) is 7.92. The Bertz CT molecular complexity index is 705. The first-order valence-corrected chi connectivity index (χ1v) is 8.96. The molecule has 2 aromatic carbocycles. The molecule has 1 unspecified atom stereocenters. The summed E-state index contributed by atoms with van der Waals surface area (Å²) in [7, 11) is 3.98. The zero-order valence-electron chi connectivity index (χ0n) is 15.9. The van der Waals surface area contributed by atoms with Crippen molar-refractivity contribution in [2.75, 3.05) is 33.8 Å². The Hall–Kier alpha value is -2.86. The van der Waals surface area contributed by atoms with Crippen molar-refractivity contribution < 1.29 is 14.3 Å². The number of ether oxygens (including phenoxy) is 1. The maximum absolute atomic E-state index is 12.0. The number of carbonyl (C=O) groups excluding carboxylic acids is 2. The van der Waals surface area contributed by atoms with Crippen LogP contribution in [0.1, 0.15) is 5.56 Å². The molecule has 0 aliphatic heterocycles. The van der Waals surface area contributed by atoms with Crippen LogP contribution in [0.2, 0.25) is 0 Å². The molecule has 0 aromatic heterocycles. The maximum atomic E-state index is 12.0. The Balaban J connectivity index is 1.68. The van der Waals surface area contributed by atoms with Crippen molar-refractivity contribution in [1.29, 1.82) is 0 Å². The predicted octanol–water partition coefficient (Wildman–Crippen LogP) is 1.47. The van der Waals surface area contributed by atoms with E-state index < -0.39 is 0 Å². The lowest BCUT2D eigenvalue weighted by Crippen LogP contribution is -2.45. The Morgan fingerprint density at radius 1 is 0.926 bits per heavy atom. The van der Waals surface area contributed by atoms with Gasteiger partial charge in [-0.2, -0.15) is 0 Å². The first-order valence-electron chi connectivity index (χ1n) is 8.96. The molecule has 0 saturated carbocycles. The average Bonchev–Trinajstić information content (AvgIpc) is 2.69.